The van der Waals surface area contributed by atoms with Crippen molar-refractivity contribution in [3.8, 4) is 5.82 Å². The summed E-state index contributed by atoms with van der Waals surface area (Å²) in [6.45, 7) is 2.08. The highest BCUT2D eigenvalue weighted by Crippen LogP contribution is 2.15. The zero-order valence-corrected chi connectivity index (χ0v) is 9.09. The van der Waals surface area contributed by atoms with Crippen LogP contribution in [-0.2, 0) is 0 Å². The zero-order chi connectivity index (χ0) is 11.0. The van der Waals surface area contributed by atoms with E-state index in [1.807, 2.05) is 35.0 Å². The van der Waals surface area contributed by atoms with Crippen LogP contribution in [0.2, 0.25) is 0 Å². The standard InChI is InChI=1S/C14H12N2/c1-11-8-9-16(10-11)14-7-6-12-4-2-3-5-13(12)15-14/h2-10H,1H3. The van der Waals surface area contributed by atoms with Gasteiger partial charge in [0.1, 0.15) is 5.82 Å². The van der Waals surface area contributed by atoms with Crippen molar-refractivity contribution in [2.45, 2.75) is 6.92 Å². The molecule has 0 N–H and O–H groups in total. The average molecular weight is 208 g/mol. The number of aryl methyl sites for hydroxylation is 1. The number of pyridine rings is 1. The lowest BCUT2D eigenvalue weighted by Crippen LogP contribution is -1.93. The van der Waals surface area contributed by atoms with Crippen LogP contribution in [0.25, 0.3) is 16.7 Å². The smallest absolute Gasteiger partial charge is 0.137 e. The number of aromatic nitrogens is 2. The zero-order valence-electron chi connectivity index (χ0n) is 9.09. The van der Waals surface area contributed by atoms with Gasteiger partial charge in [-0.15, -0.1) is 0 Å². The van der Waals surface area contributed by atoms with Crippen molar-refractivity contribution in [2.75, 3.05) is 0 Å². The summed E-state index contributed by atoms with van der Waals surface area (Å²) in [7, 11) is 0. The lowest BCUT2D eigenvalue weighted by atomic mass is 10.2. The van der Waals surface area contributed by atoms with Gasteiger partial charge in [-0.2, -0.15) is 0 Å². The molecule has 0 aliphatic rings. The monoisotopic (exact) mass is 208 g/mol. The first-order chi connectivity index (χ1) is 7.83. The van der Waals surface area contributed by atoms with E-state index < -0.39 is 0 Å². The molecule has 78 valence electrons. The summed E-state index contributed by atoms with van der Waals surface area (Å²) in [6.07, 6.45) is 4.11. The maximum atomic E-state index is 4.62. The fraction of sp³-hybridized carbons (Fsp3) is 0.0714. The molecule has 0 aliphatic heterocycles. The quantitative estimate of drug-likeness (QED) is 0.599. The van der Waals surface area contributed by atoms with Crippen molar-refractivity contribution >= 4 is 10.9 Å². The topological polar surface area (TPSA) is 17.8 Å². The summed E-state index contributed by atoms with van der Waals surface area (Å²) < 4.78 is 2.04. The van der Waals surface area contributed by atoms with E-state index in [0.717, 1.165) is 11.3 Å². The Morgan fingerprint density at radius 2 is 1.88 bits per heavy atom. The van der Waals surface area contributed by atoms with Crippen LogP contribution in [0.5, 0.6) is 0 Å². The Labute approximate surface area is 94.2 Å². The highest BCUT2D eigenvalue weighted by molar-refractivity contribution is 5.79. The summed E-state index contributed by atoms with van der Waals surface area (Å²) in [5, 5.41) is 1.18. The first-order valence-corrected chi connectivity index (χ1v) is 5.34. The molecule has 0 fully saturated rings. The van der Waals surface area contributed by atoms with E-state index in [0.29, 0.717) is 0 Å². The van der Waals surface area contributed by atoms with Gasteiger partial charge in [-0.25, -0.2) is 4.98 Å². The molecule has 1 aromatic carbocycles. The van der Waals surface area contributed by atoms with Crippen molar-refractivity contribution in [2.24, 2.45) is 0 Å². The fourth-order valence-corrected chi connectivity index (χ4v) is 1.84. The summed E-state index contributed by atoms with van der Waals surface area (Å²) in [6, 6.07) is 14.4. The van der Waals surface area contributed by atoms with Gasteiger partial charge in [-0.05, 0) is 36.8 Å². The summed E-state index contributed by atoms with van der Waals surface area (Å²) in [4.78, 5) is 4.62. The molecule has 2 heteroatoms. The Hall–Kier alpha value is -2.09. The minimum atomic E-state index is 0.965. The van der Waals surface area contributed by atoms with Crippen LogP contribution in [0.1, 0.15) is 5.56 Å². The van der Waals surface area contributed by atoms with Crippen LogP contribution in [-0.4, -0.2) is 9.55 Å². The third-order valence-electron chi connectivity index (χ3n) is 2.69. The van der Waals surface area contributed by atoms with Crippen LogP contribution in [0.3, 0.4) is 0 Å². The molecule has 2 heterocycles. The van der Waals surface area contributed by atoms with E-state index >= 15 is 0 Å². The Kier molecular flexibility index (Phi) is 2.00. The van der Waals surface area contributed by atoms with Gasteiger partial charge in [0.05, 0.1) is 5.52 Å². The van der Waals surface area contributed by atoms with Crippen LogP contribution < -0.4 is 0 Å². The van der Waals surface area contributed by atoms with Crippen LogP contribution in [0, 0.1) is 6.92 Å². The molecule has 0 atom stereocenters. The second-order valence-electron chi connectivity index (χ2n) is 3.96. The maximum absolute atomic E-state index is 4.62. The van der Waals surface area contributed by atoms with E-state index in [1.54, 1.807) is 0 Å². The van der Waals surface area contributed by atoms with Gasteiger partial charge in [0.15, 0.2) is 0 Å². The highest BCUT2D eigenvalue weighted by Gasteiger charge is 1.99. The molecule has 3 aromatic rings. The van der Waals surface area contributed by atoms with Crippen molar-refractivity contribution in [1.29, 1.82) is 0 Å². The second-order valence-corrected chi connectivity index (χ2v) is 3.96. The normalized spacial score (nSPS) is 10.8. The summed E-state index contributed by atoms with van der Waals surface area (Å²) in [5.74, 6) is 0.965. The minimum Gasteiger partial charge on any atom is -0.308 e. The van der Waals surface area contributed by atoms with Gasteiger partial charge in [-0.1, -0.05) is 18.2 Å². The number of hydrogen-bond donors (Lipinski definition) is 0. The van der Waals surface area contributed by atoms with Crippen LogP contribution in [0.4, 0.5) is 0 Å². The molecule has 0 spiro atoms. The Morgan fingerprint density at radius 3 is 2.69 bits per heavy atom. The van der Waals surface area contributed by atoms with Gasteiger partial charge in [0.2, 0.25) is 0 Å². The molecule has 3 rings (SSSR count). The number of fused-ring (bicyclic) bond motifs is 1. The SMILES string of the molecule is Cc1ccn(-c2ccc3ccccc3n2)c1. The van der Waals surface area contributed by atoms with Gasteiger partial charge in [-0.3, -0.25) is 0 Å². The Bertz CT molecular complexity index is 638. The molecule has 0 aliphatic carbocycles. The number of nitrogens with zero attached hydrogens (tertiary/aromatic N) is 2. The summed E-state index contributed by atoms with van der Waals surface area (Å²) in [5.41, 5.74) is 2.28. The minimum absolute atomic E-state index is 0.965. The molecule has 0 amide bonds. The largest absolute Gasteiger partial charge is 0.308 e. The predicted molar refractivity (Wildman–Crippen MR) is 65.8 cm³/mol. The molecule has 2 aromatic heterocycles. The fourth-order valence-electron chi connectivity index (χ4n) is 1.84. The van der Waals surface area contributed by atoms with E-state index in [9.17, 15) is 0 Å². The van der Waals surface area contributed by atoms with Crippen molar-refractivity contribution in [3.63, 3.8) is 0 Å². The molecular formula is C14H12N2. The van der Waals surface area contributed by atoms with Gasteiger partial charge in [0.25, 0.3) is 0 Å². The summed E-state index contributed by atoms with van der Waals surface area (Å²) >= 11 is 0. The Balaban J connectivity index is 2.18. The molecule has 16 heavy (non-hydrogen) atoms. The molecule has 0 saturated heterocycles. The highest BCUT2D eigenvalue weighted by atomic mass is 15.0. The lowest BCUT2D eigenvalue weighted by molar-refractivity contribution is 1.02. The molecule has 0 bridgehead atoms. The van der Waals surface area contributed by atoms with Crippen LogP contribution in [0.15, 0.2) is 54.9 Å². The third kappa shape index (κ3) is 1.48. The first-order valence-electron chi connectivity index (χ1n) is 5.34. The average Bonchev–Trinajstić information content (AvgIpc) is 2.75. The number of rotatable bonds is 1. The van der Waals surface area contributed by atoms with Gasteiger partial charge < -0.3 is 4.57 Å². The second kappa shape index (κ2) is 3.49. The van der Waals surface area contributed by atoms with Crippen LogP contribution >= 0.6 is 0 Å². The molecule has 0 radical (unpaired) electrons. The lowest BCUT2D eigenvalue weighted by Gasteiger charge is -2.03. The van der Waals surface area contributed by atoms with Crippen molar-refractivity contribution in [3.05, 3.63) is 60.4 Å². The molecular weight excluding hydrogens is 196 g/mol. The number of hydrogen-bond acceptors (Lipinski definition) is 1. The first kappa shape index (κ1) is 9.16. The maximum Gasteiger partial charge on any atom is 0.137 e. The van der Waals surface area contributed by atoms with Crippen molar-refractivity contribution in [1.82, 2.24) is 9.55 Å². The van der Waals surface area contributed by atoms with E-state index in [-0.39, 0.29) is 0 Å². The van der Waals surface area contributed by atoms with E-state index in [2.05, 4.69) is 36.3 Å². The number of benzene rings is 1. The molecule has 0 saturated carbocycles. The Morgan fingerprint density at radius 1 is 1.00 bits per heavy atom. The van der Waals surface area contributed by atoms with Gasteiger partial charge in [0, 0.05) is 17.8 Å². The molecule has 2 nitrogen and oxygen atoms in total. The van der Waals surface area contributed by atoms with E-state index in [4.69, 9.17) is 0 Å². The molecule has 0 unspecified atom stereocenters. The number of para-hydroxylation sites is 1. The van der Waals surface area contributed by atoms with Crippen molar-refractivity contribution < 1.29 is 0 Å². The predicted octanol–water partition coefficient (Wildman–Crippen LogP) is 3.33. The third-order valence-corrected chi connectivity index (χ3v) is 2.69. The van der Waals surface area contributed by atoms with E-state index in [1.165, 1.54) is 10.9 Å². The van der Waals surface area contributed by atoms with Gasteiger partial charge >= 0.3 is 0 Å².